The minimum Gasteiger partial charge on any atom is -0.464 e. The summed E-state index contributed by atoms with van der Waals surface area (Å²) in [4.78, 5) is 22.3. The van der Waals surface area contributed by atoms with Crippen molar-refractivity contribution in [2.45, 2.75) is 50.0 Å². The molecule has 30 heavy (non-hydrogen) atoms. The van der Waals surface area contributed by atoms with Crippen LogP contribution in [-0.2, 0) is 30.3 Å². The van der Waals surface area contributed by atoms with Gasteiger partial charge in [0.2, 0.25) is 0 Å². The lowest BCUT2D eigenvalue weighted by Gasteiger charge is -2.17. The van der Waals surface area contributed by atoms with Crippen molar-refractivity contribution in [2.75, 3.05) is 6.61 Å². The van der Waals surface area contributed by atoms with E-state index in [1.165, 1.54) is 0 Å². The predicted molar refractivity (Wildman–Crippen MR) is 110 cm³/mol. The Balaban J connectivity index is 2.09. The molecular formula is C21H25NO7S. The summed E-state index contributed by atoms with van der Waals surface area (Å²) in [7, 11) is -4.30. The van der Waals surface area contributed by atoms with Gasteiger partial charge in [0.05, 0.1) is 16.4 Å². The van der Waals surface area contributed by atoms with E-state index >= 15 is 0 Å². The van der Waals surface area contributed by atoms with Crippen LogP contribution in [0.3, 0.4) is 0 Å². The molecule has 0 aliphatic rings. The zero-order valence-electron chi connectivity index (χ0n) is 16.7. The smallest absolute Gasteiger partial charge is 0.336 e. The molecule has 0 spiro atoms. The molecule has 0 amide bonds. The number of hydrogen-bond acceptors (Lipinski definition) is 7. The minimum absolute atomic E-state index is 0.159. The number of carbonyl (C=O) groups is 1. The second-order valence-electron chi connectivity index (χ2n) is 6.69. The number of nitro benzene ring substituents is 1. The number of non-ortho nitro benzene ring substituents is 1. The van der Waals surface area contributed by atoms with E-state index in [0.717, 1.165) is 36.2 Å². The topological polar surface area (TPSA) is 113 Å². The molecule has 162 valence electrons. The molecule has 0 radical (unpaired) electrons. The number of nitro groups is 1. The SMILES string of the molecule is CCCCOC(=O)[C@@H](CCCc1ccccc1)OS(=O)(=O)c1ccc([N+](=O)[O-])cc1. The van der Waals surface area contributed by atoms with E-state index in [4.69, 9.17) is 8.92 Å². The van der Waals surface area contributed by atoms with Crippen LogP contribution in [0, 0.1) is 10.1 Å². The Labute approximate surface area is 176 Å². The zero-order chi connectivity index (χ0) is 22.0. The van der Waals surface area contributed by atoms with Crippen LogP contribution < -0.4 is 0 Å². The first kappa shape index (κ1) is 23.5. The molecule has 2 rings (SSSR count). The molecule has 0 aliphatic carbocycles. The Morgan fingerprint density at radius 3 is 2.33 bits per heavy atom. The van der Waals surface area contributed by atoms with Gasteiger partial charge in [-0.25, -0.2) is 4.79 Å². The fraction of sp³-hybridized carbons (Fsp3) is 0.381. The molecule has 2 aromatic rings. The number of nitrogens with zero attached hydrogens (tertiary/aromatic N) is 1. The quantitative estimate of drug-likeness (QED) is 0.163. The Hall–Kier alpha value is -2.78. The highest BCUT2D eigenvalue weighted by molar-refractivity contribution is 7.86. The normalized spacial score (nSPS) is 12.3. The van der Waals surface area contributed by atoms with Crippen LogP contribution in [0.4, 0.5) is 5.69 Å². The van der Waals surface area contributed by atoms with Crippen LogP contribution in [0.2, 0.25) is 0 Å². The molecule has 0 heterocycles. The molecule has 0 bridgehead atoms. The zero-order valence-corrected chi connectivity index (χ0v) is 17.5. The molecule has 0 fully saturated rings. The van der Waals surface area contributed by atoms with Gasteiger partial charge in [-0.2, -0.15) is 8.42 Å². The average molecular weight is 435 g/mol. The monoisotopic (exact) mass is 435 g/mol. The summed E-state index contributed by atoms with van der Waals surface area (Å²) in [5.41, 5.74) is 0.821. The maximum absolute atomic E-state index is 12.6. The first-order chi connectivity index (χ1) is 14.3. The van der Waals surface area contributed by atoms with Crippen LogP contribution in [0.5, 0.6) is 0 Å². The molecule has 0 aromatic heterocycles. The van der Waals surface area contributed by atoms with Crippen LogP contribution in [0.25, 0.3) is 0 Å². The average Bonchev–Trinajstić information content (AvgIpc) is 2.74. The number of aryl methyl sites for hydroxylation is 1. The molecule has 0 saturated heterocycles. The van der Waals surface area contributed by atoms with Crippen molar-refractivity contribution in [3.8, 4) is 0 Å². The predicted octanol–water partition coefficient (Wildman–Crippen LogP) is 4.03. The third kappa shape index (κ3) is 7.23. The highest BCUT2D eigenvalue weighted by Crippen LogP contribution is 2.21. The summed E-state index contributed by atoms with van der Waals surface area (Å²) in [6.07, 6.45) is 1.54. The molecule has 0 unspecified atom stereocenters. The molecule has 0 N–H and O–H groups in total. The van der Waals surface area contributed by atoms with E-state index < -0.39 is 27.1 Å². The van der Waals surface area contributed by atoms with E-state index in [9.17, 15) is 23.3 Å². The minimum atomic E-state index is -4.30. The van der Waals surface area contributed by atoms with Gasteiger partial charge in [0.15, 0.2) is 6.10 Å². The second kappa shape index (κ2) is 11.4. The van der Waals surface area contributed by atoms with Crippen molar-refractivity contribution >= 4 is 21.8 Å². The lowest BCUT2D eigenvalue weighted by atomic mass is 10.1. The number of hydrogen-bond donors (Lipinski definition) is 0. The standard InChI is InChI=1S/C21H25NO7S/c1-2-3-16-28-21(23)20(11-7-10-17-8-5-4-6-9-17)29-30(26,27)19-14-12-18(13-15-19)22(24)25/h4-6,8-9,12-15,20H,2-3,7,10-11,16H2,1H3/t20-/m1/s1. The molecular weight excluding hydrogens is 410 g/mol. The molecule has 8 nitrogen and oxygen atoms in total. The molecule has 2 aromatic carbocycles. The van der Waals surface area contributed by atoms with Crippen molar-refractivity contribution in [3.63, 3.8) is 0 Å². The van der Waals surface area contributed by atoms with Crippen molar-refractivity contribution in [3.05, 3.63) is 70.3 Å². The number of benzene rings is 2. The van der Waals surface area contributed by atoms with Crippen LogP contribution in [0.15, 0.2) is 59.5 Å². The number of rotatable bonds is 12. The van der Waals surface area contributed by atoms with Gasteiger partial charge >= 0.3 is 5.97 Å². The first-order valence-electron chi connectivity index (χ1n) is 9.72. The Kier molecular flexibility index (Phi) is 8.94. The van der Waals surface area contributed by atoms with Crippen molar-refractivity contribution in [1.82, 2.24) is 0 Å². The van der Waals surface area contributed by atoms with E-state index in [0.29, 0.717) is 19.3 Å². The summed E-state index contributed by atoms with van der Waals surface area (Å²) in [5.74, 6) is -0.734. The highest BCUT2D eigenvalue weighted by atomic mass is 32.2. The third-order valence-corrected chi connectivity index (χ3v) is 5.69. The summed E-state index contributed by atoms with van der Waals surface area (Å²) in [6.45, 7) is 2.13. The maximum Gasteiger partial charge on any atom is 0.336 e. The van der Waals surface area contributed by atoms with Gasteiger partial charge in [0, 0.05) is 12.1 Å². The summed E-state index contributed by atoms with van der Waals surface area (Å²) >= 11 is 0. The fourth-order valence-corrected chi connectivity index (χ4v) is 3.76. The first-order valence-corrected chi connectivity index (χ1v) is 11.1. The van der Waals surface area contributed by atoms with Crippen molar-refractivity contribution < 1.29 is 27.1 Å². The maximum atomic E-state index is 12.6. The van der Waals surface area contributed by atoms with Gasteiger partial charge in [0.1, 0.15) is 0 Å². The summed E-state index contributed by atoms with van der Waals surface area (Å²) in [6, 6.07) is 13.9. The van der Waals surface area contributed by atoms with Crippen LogP contribution in [-0.4, -0.2) is 32.0 Å². The molecule has 0 saturated carbocycles. The van der Waals surface area contributed by atoms with Gasteiger partial charge in [0.25, 0.3) is 15.8 Å². The van der Waals surface area contributed by atoms with Crippen molar-refractivity contribution in [1.29, 1.82) is 0 Å². The van der Waals surface area contributed by atoms with Gasteiger partial charge in [-0.05, 0) is 43.4 Å². The number of carbonyl (C=O) groups excluding carboxylic acids is 1. The van der Waals surface area contributed by atoms with Crippen LogP contribution in [0.1, 0.15) is 38.2 Å². The van der Waals surface area contributed by atoms with E-state index in [-0.39, 0.29) is 23.6 Å². The van der Waals surface area contributed by atoms with E-state index in [1.54, 1.807) is 0 Å². The summed E-state index contributed by atoms with van der Waals surface area (Å²) < 4.78 is 35.5. The largest absolute Gasteiger partial charge is 0.464 e. The van der Waals surface area contributed by atoms with Crippen molar-refractivity contribution in [2.24, 2.45) is 0 Å². The molecule has 1 atom stereocenters. The van der Waals surface area contributed by atoms with Gasteiger partial charge in [-0.3, -0.25) is 14.3 Å². The molecule has 9 heteroatoms. The Bertz CT molecular complexity index is 928. The Morgan fingerprint density at radius 1 is 1.07 bits per heavy atom. The van der Waals surface area contributed by atoms with Gasteiger partial charge in [-0.15, -0.1) is 0 Å². The van der Waals surface area contributed by atoms with Gasteiger partial charge < -0.3 is 4.74 Å². The van der Waals surface area contributed by atoms with Gasteiger partial charge in [-0.1, -0.05) is 43.7 Å². The fourth-order valence-electron chi connectivity index (χ4n) is 2.69. The van der Waals surface area contributed by atoms with Crippen LogP contribution >= 0.6 is 0 Å². The lowest BCUT2D eigenvalue weighted by molar-refractivity contribution is -0.384. The van der Waals surface area contributed by atoms with E-state index in [2.05, 4.69) is 0 Å². The Morgan fingerprint density at radius 2 is 1.73 bits per heavy atom. The molecule has 0 aliphatic heterocycles. The summed E-state index contributed by atoms with van der Waals surface area (Å²) in [5, 5.41) is 10.8. The third-order valence-electron chi connectivity index (χ3n) is 4.36. The lowest BCUT2D eigenvalue weighted by Crippen LogP contribution is -2.30. The van der Waals surface area contributed by atoms with E-state index in [1.807, 2.05) is 37.3 Å². The number of unbranched alkanes of at least 4 members (excludes halogenated alkanes) is 1. The second-order valence-corrected chi connectivity index (χ2v) is 8.26. The number of ether oxygens (including phenoxy) is 1. The highest BCUT2D eigenvalue weighted by Gasteiger charge is 2.29. The number of esters is 1.